The van der Waals surface area contributed by atoms with Gasteiger partial charge in [-0.15, -0.1) is 0 Å². The van der Waals surface area contributed by atoms with Crippen molar-refractivity contribution < 1.29 is 38.0 Å². The Bertz CT molecular complexity index is 1180. The summed E-state index contributed by atoms with van der Waals surface area (Å²) in [6.45, 7) is 2.87. The van der Waals surface area contributed by atoms with Crippen molar-refractivity contribution in [3.05, 3.63) is 40.5 Å². The quantitative estimate of drug-likeness (QED) is 0.570. The molecular formula is C20H18F3N3O5. The van der Waals surface area contributed by atoms with Gasteiger partial charge in [0.2, 0.25) is 11.8 Å². The lowest BCUT2D eigenvalue weighted by atomic mass is 9.69. The average Bonchev–Trinajstić information content (AvgIpc) is 3.19. The molecule has 1 saturated heterocycles. The van der Waals surface area contributed by atoms with Crippen molar-refractivity contribution in [1.29, 1.82) is 5.26 Å². The molecule has 2 aliphatic rings. The van der Waals surface area contributed by atoms with Gasteiger partial charge in [0, 0.05) is 13.5 Å². The minimum atomic E-state index is -4.85. The van der Waals surface area contributed by atoms with Crippen LogP contribution in [0, 0.1) is 11.3 Å². The van der Waals surface area contributed by atoms with Crippen LogP contribution in [0.2, 0.25) is 0 Å². The third-order valence-corrected chi connectivity index (χ3v) is 6.23. The number of fused-ring (bicyclic) bond motifs is 5. The molecule has 11 heteroatoms. The number of nitrogens with one attached hydrogen (secondary N) is 1. The van der Waals surface area contributed by atoms with Crippen LogP contribution in [0.5, 0.6) is 11.8 Å². The molecule has 4 N–H and O–H groups in total. The highest BCUT2D eigenvalue weighted by Crippen LogP contribution is 2.67. The van der Waals surface area contributed by atoms with Crippen molar-refractivity contribution in [2.24, 2.45) is 0 Å². The van der Waals surface area contributed by atoms with Gasteiger partial charge in [0.1, 0.15) is 11.2 Å². The molecule has 1 aromatic carbocycles. The number of nitriles is 1. The second-order valence-corrected chi connectivity index (χ2v) is 8.05. The van der Waals surface area contributed by atoms with Crippen LogP contribution in [0.3, 0.4) is 0 Å². The molecule has 2 unspecified atom stereocenters. The van der Waals surface area contributed by atoms with E-state index >= 15 is 0 Å². The maximum Gasteiger partial charge on any atom is 0.417 e. The molecule has 4 rings (SSSR count). The normalized spacial score (nSPS) is 29.0. The lowest BCUT2D eigenvalue weighted by Crippen LogP contribution is -2.57. The number of aromatic nitrogens is 1. The maximum absolute atomic E-state index is 13.4. The molecule has 1 amide bonds. The molecule has 1 fully saturated rings. The molecule has 2 aromatic rings. The molecule has 0 spiro atoms. The number of nitrogens with zero attached hydrogens (tertiary/aromatic N) is 2. The van der Waals surface area contributed by atoms with E-state index in [1.807, 2.05) is 0 Å². The number of amides is 1. The number of hydrogen-bond donors (Lipinski definition) is 4. The number of halogens is 3. The summed E-state index contributed by atoms with van der Waals surface area (Å²) in [6.07, 6.45) is -5.09. The number of ether oxygens (including phenoxy) is 1. The Morgan fingerprint density at radius 1 is 1.26 bits per heavy atom. The van der Waals surface area contributed by atoms with Gasteiger partial charge >= 0.3 is 6.18 Å². The number of alkyl halides is 3. The van der Waals surface area contributed by atoms with Crippen LogP contribution in [0.4, 0.5) is 13.2 Å². The molecule has 3 atom stereocenters. The summed E-state index contributed by atoms with van der Waals surface area (Å²) in [6, 6.07) is 4.16. The smallest absolute Gasteiger partial charge is 0.417 e. The molecule has 164 valence electrons. The van der Waals surface area contributed by atoms with Gasteiger partial charge in [-0.1, -0.05) is 0 Å². The Morgan fingerprint density at radius 2 is 1.87 bits per heavy atom. The fraction of sp³-hybridized carbons (Fsp3) is 0.400. The highest BCUT2D eigenvalue weighted by molar-refractivity contribution is 5.89. The predicted octanol–water partition coefficient (Wildman–Crippen LogP) is 2.12. The number of benzene rings is 1. The van der Waals surface area contributed by atoms with Gasteiger partial charge in [-0.2, -0.15) is 18.4 Å². The van der Waals surface area contributed by atoms with Gasteiger partial charge in [-0.05, 0) is 32.0 Å². The molecule has 31 heavy (non-hydrogen) atoms. The van der Waals surface area contributed by atoms with Gasteiger partial charge in [-0.3, -0.25) is 9.36 Å². The SMILES string of the molecule is CNC(=O)[C@]1(O)CC2(C)OC1(C)c1c2c(O)n(-c2ccc(C#N)c(C(F)(F)F)c2)c1O. The van der Waals surface area contributed by atoms with Gasteiger partial charge in [-0.25, -0.2) is 0 Å². The van der Waals surface area contributed by atoms with Crippen LogP contribution in [0.1, 0.15) is 42.5 Å². The third kappa shape index (κ3) is 2.40. The van der Waals surface area contributed by atoms with Crippen LogP contribution < -0.4 is 5.32 Å². The first kappa shape index (κ1) is 21.0. The molecule has 0 saturated carbocycles. The van der Waals surface area contributed by atoms with E-state index in [-0.39, 0.29) is 23.2 Å². The number of carbonyl (C=O) groups is 1. The number of carbonyl (C=O) groups excluding carboxylic acids is 1. The second-order valence-electron chi connectivity index (χ2n) is 8.05. The van der Waals surface area contributed by atoms with E-state index in [9.17, 15) is 33.3 Å². The summed E-state index contributed by atoms with van der Waals surface area (Å²) in [4.78, 5) is 12.4. The number of hydrogen-bond acceptors (Lipinski definition) is 6. The molecule has 2 aliphatic heterocycles. The van der Waals surface area contributed by atoms with Crippen molar-refractivity contribution in [1.82, 2.24) is 9.88 Å². The fourth-order valence-corrected chi connectivity index (χ4v) is 4.88. The number of aliphatic hydroxyl groups is 1. The first-order valence-electron chi connectivity index (χ1n) is 9.19. The predicted molar refractivity (Wildman–Crippen MR) is 98.2 cm³/mol. The fourth-order valence-electron chi connectivity index (χ4n) is 4.88. The Morgan fingerprint density at radius 3 is 2.42 bits per heavy atom. The highest BCUT2D eigenvalue weighted by atomic mass is 19.4. The van der Waals surface area contributed by atoms with E-state index in [0.29, 0.717) is 6.07 Å². The summed E-state index contributed by atoms with van der Waals surface area (Å²) in [5.41, 5.74) is -7.40. The lowest BCUT2D eigenvalue weighted by molar-refractivity contribution is -0.163. The molecule has 1 aromatic heterocycles. The van der Waals surface area contributed by atoms with Crippen LogP contribution >= 0.6 is 0 Å². The molecule has 3 heterocycles. The standard InChI is InChI=1S/C20H18F3N3O5/c1-17-8-19(30,16(29)25-3)18(2,31-17)13-12(17)14(27)26(15(13)28)10-5-4-9(7-24)11(6-10)20(21,22)23/h4-6,27-28,30H,8H2,1-3H3,(H,25,29)/t17?,18?,19-/m1/s1. The van der Waals surface area contributed by atoms with E-state index < -0.39 is 51.8 Å². The zero-order valence-electron chi connectivity index (χ0n) is 16.6. The lowest BCUT2D eigenvalue weighted by Gasteiger charge is -2.36. The van der Waals surface area contributed by atoms with E-state index in [1.165, 1.54) is 27.0 Å². The van der Waals surface area contributed by atoms with Gasteiger partial charge in [0.05, 0.1) is 34.0 Å². The summed E-state index contributed by atoms with van der Waals surface area (Å²) < 4.78 is 46.9. The van der Waals surface area contributed by atoms with Crippen LogP contribution in [0.25, 0.3) is 5.69 Å². The van der Waals surface area contributed by atoms with E-state index in [1.54, 1.807) is 0 Å². The number of likely N-dealkylation sites (N-methyl/N-ethyl adjacent to an activating group) is 1. The van der Waals surface area contributed by atoms with Gasteiger partial charge in [0.15, 0.2) is 5.60 Å². The van der Waals surface area contributed by atoms with E-state index in [4.69, 9.17) is 10.00 Å². The largest absolute Gasteiger partial charge is 0.494 e. The topological polar surface area (TPSA) is 128 Å². The van der Waals surface area contributed by atoms with Crippen LogP contribution in [-0.4, -0.2) is 38.4 Å². The summed E-state index contributed by atoms with van der Waals surface area (Å²) in [5.74, 6) is -2.04. The van der Waals surface area contributed by atoms with Crippen molar-refractivity contribution in [2.75, 3.05) is 7.05 Å². The van der Waals surface area contributed by atoms with Crippen molar-refractivity contribution in [2.45, 2.75) is 43.2 Å². The zero-order valence-corrected chi connectivity index (χ0v) is 16.6. The summed E-state index contributed by atoms with van der Waals surface area (Å²) in [5, 5.41) is 44.2. The van der Waals surface area contributed by atoms with E-state index in [0.717, 1.165) is 16.7 Å². The first-order valence-corrected chi connectivity index (χ1v) is 9.19. The zero-order chi connectivity index (χ0) is 23.1. The minimum absolute atomic E-state index is 0.0685. The van der Waals surface area contributed by atoms with Crippen molar-refractivity contribution >= 4 is 5.91 Å². The molecule has 0 aliphatic carbocycles. The van der Waals surface area contributed by atoms with Gasteiger partial charge in [0.25, 0.3) is 5.91 Å². The first-order chi connectivity index (χ1) is 14.2. The molecular weight excluding hydrogens is 419 g/mol. The Balaban J connectivity index is 1.98. The Hall–Kier alpha value is -3.23. The van der Waals surface area contributed by atoms with E-state index in [2.05, 4.69) is 5.32 Å². The van der Waals surface area contributed by atoms with Crippen molar-refractivity contribution in [3.63, 3.8) is 0 Å². The summed E-state index contributed by atoms with van der Waals surface area (Å²) >= 11 is 0. The Labute approximate surface area is 174 Å². The van der Waals surface area contributed by atoms with Crippen LogP contribution in [-0.2, 0) is 26.9 Å². The minimum Gasteiger partial charge on any atom is -0.494 e. The number of aromatic hydroxyl groups is 2. The second kappa shape index (κ2) is 5.93. The van der Waals surface area contributed by atoms with Gasteiger partial charge < -0.3 is 25.4 Å². The van der Waals surface area contributed by atoms with Crippen molar-refractivity contribution in [3.8, 4) is 23.5 Å². The monoisotopic (exact) mass is 437 g/mol. The Kier molecular flexibility index (Phi) is 4.02. The molecule has 8 nitrogen and oxygen atoms in total. The third-order valence-electron chi connectivity index (χ3n) is 6.23. The molecule has 2 bridgehead atoms. The highest BCUT2D eigenvalue weighted by Gasteiger charge is 2.73. The molecule has 0 radical (unpaired) electrons. The van der Waals surface area contributed by atoms with Crippen LogP contribution in [0.15, 0.2) is 18.2 Å². The summed E-state index contributed by atoms with van der Waals surface area (Å²) in [7, 11) is 1.32. The average molecular weight is 437 g/mol. The maximum atomic E-state index is 13.4. The number of rotatable bonds is 2.